The fraction of sp³-hybridized carbons (Fsp3) is 0.222. The third-order valence-electron chi connectivity index (χ3n) is 3.44. The van der Waals surface area contributed by atoms with E-state index < -0.39 is 0 Å². The number of hydrogen-bond donors (Lipinski definition) is 2. The van der Waals surface area contributed by atoms with Crippen LogP contribution < -0.4 is 15.4 Å². The molecule has 0 aliphatic heterocycles. The highest BCUT2D eigenvalue weighted by Gasteiger charge is 2.14. The molecule has 0 heterocycles. The van der Waals surface area contributed by atoms with E-state index in [0.717, 1.165) is 5.56 Å². The van der Waals surface area contributed by atoms with Gasteiger partial charge in [0.05, 0.1) is 25.3 Å². The number of carbonyl (C=O) groups is 2. The van der Waals surface area contributed by atoms with Crippen molar-refractivity contribution >= 4 is 11.8 Å². The van der Waals surface area contributed by atoms with E-state index in [-0.39, 0.29) is 24.4 Å². The fourth-order valence-electron chi connectivity index (χ4n) is 2.21. The maximum absolute atomic E-state index is 12.1. The number of nitrogens with one attached hydrogen (secondary N) is 2. The van der Waals surface area contributed by atoms with Crippen molar-refractivity contribution in [2.24, 2.45) is 0 Å². The van der Waals surface area contributed by atoms with Gasteiger partial charge in [0.1, 0.15) is 5.75 Å². The third-order valence-corrected chi connectivity index (χ3v) is 3.44. The molecule has 2 aromatic rings. The standard InChI is InChI=1S/C18H20N2O3/c1-13(14-8-4-3-5-9-14)20-17(21)12-19-18(22)15-10-6-7-11-16(15)23-2/h3-11,13H,12H2,1-2H3,(H,19,22)(H,20,21)/t13-/m0/s1. The van der Waals surface area contributed by atoms with E-state index in [0.29, 0.717) is 11.3 Å². The molecule has 1 atom stereocenters. The van der Waals surface area contributed by atoms with Gasteiger partial charge in [-0.2, -0.15) is 0 Å². The molecule has 2 rings (SSSR count). The van der Waals surface area contributed by atoms with Crippen LogP contribution in [0.3, 0.4) is 0 Å². The van der Waals surface area contributed by atoms with Crippen LogP contribution in [0, 0.1) is 0 Å². The number of ether oxygens (including phenoxy) is 1. The first kappa shape index (κ1) is 16.5. The van der Waals surface area contributed by atoms with Crippen molar-refractivity contribution in [3.8, 4) is 5.75 Å². The van der Waals surface area contributed by atoms with Gasteiger partial charge in [-0.25, -0.2) is 0 Å². The predicted molar refractivity (Wildman–Crippen MR) is 88.3 cm³/mol. The van der Waals surface area contributed by atoms with Crippen LogP contribution in [-0.2, 0) is 4.79 Å². The number of rotatable bonds is 6. The van der Waals surface area contributed by atoms with E-state index in [9.17, 15) is 9.59 Å². The van der Waals surface area contributed by atoms with Gasteiger partial charge in [0.25, 0.3) is 5.91 Å². The second kappa shape index (κ2) is 7.98. The summed E-state index contributed by atoms with van der Waals surface area (Å²) in [5.74, 6) is -0.113. The molecule has 5 heteroatoms. The summed E-state index contributed by atoms with van der Waals surface area (Å²) in [6, 6.07) is 16.4. The molecular formula is C18H20N2O3. The minimum Gasteiger partial charge on any atom is -0.496 e. The Balaban J connectivity index is 1.88. The summed E-state index contributed by atoms with van der Waals surface area (Å²) >= 11 is 0. The normalized spacial score (nSPS) is 11.4. The molecular weight excluding hydrogens is 292 g/mol. The zero-order chi connectivity index (χ0) is 16.7. The first-order valence-corrected chi connectivity index (χ1v) is 7.37. The van der Waals surface area contributed by atoms with Crippen molar-refractivity contribution in [2.45, 2.75) is 13.0 Å². The summed E-state index contributed by atoms with van der Waals surface area (Å²) in [5.41, 5.74) is 1.41. The average molecular weight is 312 g/mol. The SMILES string of the molecule is COc1ccccc1C(=O)NCC(=O)N[C@@H](C)c1ccccc1. The van der Waals surface area contributed by atoms with Crippen LogP contribution in [0.1, 0.15) is 28.9 Å². The maximum Gasteiger partial charge on any atom is 0.255 e. The Bertz CT molecular complexity index is 671. The van der Waals surface area contributed by atoms with Gasteiger partial charge in [-0.3, -0.25) is 9.59 Å². The van der Waals surface area contributed by atoms with E-state index in [1.165, 1.54) is 7.11 Å². The Labute approximate surface area is 135 Å². The van der Waals surface area contributed by atoms with E-state index in [1.807, 2.05) is 37.3 Å². The maximum atomic E-state index is 12.1. The quantitative estimate of drug-likeness (QED) is 0.860. The highest BCUT2D eigenvalue weighted by atomic mass is 16.5. The van der Waals surface area contributed by atoms with Crippen LogP contribution in [0.2, 0.25) is 0 Å². The number of benzene rings is 2. The van der Waals surface area contributed by atoms with E-state index in [1.54, 1.807) is 24.3 Å². The van der Waals surface area contributed by atoms with Crippen LogP contribution in [-0.4, -0.2) is 25.5 Å². The van der Waals surface area contributed by atoms with Crippen LogP contribution in [0.4, 0.5) is 0 Å². The largest absolute Gasteiger partial charge is 0.496 e. The van der Waals surface area contributed by atoms with Crippen molar-refractivity contribution in [2.75, 3.05) is 13.7 Å². The lowest BCUT2D eigenvalue weighted by atomic mass is 10.1. The minimum absolute atomic E-state index is 0.0892. The monoisotopic (exact) mass is 312 g/mol. The minimum atomic E-state index is -0.343. The van der Waals surface area contributed by atoms with Crippen molar-refractivity contribution in [3.63, 3.8) is 0 Å². The van der Waals surface area contributed by atoms with Crippen LogP contribution in [0.5, 0.6) is 5.75 Å². The molecule has 2 amide bonds. The third kappa shape index (κ3) is 4.57. The topological polar surface area (TPSA) is 67.4 Å². The smallest absolute Gasteiger partial charge is 0.255 e. The summed E-state index contributed by atoms with van der Waals surface area (Å²) in [6.07, 6.45) is 0. The van der Waals surface area contributed by atoms with Gasteiger partial charge in [0.2, 0.25) is 5.91 Å². The lowest BCUT2D eigenvalue weighted by Gasteiger charge is -2.15. The molecule has 0 unspecified atom stereocenters. The zero-order valence-electron chi connectivity index (χ0n) is 13.2. The molecule has 2 N–H and O–H groups in total. The number of carbonyl (C=O) groups excluding carboxylic acids is 2. The molecule has 0 aliphatic carbocycles. The van der Waals surface area contributed by atoms with Crippen molar-refractivity contribution < 1.29 is 14.3 Å². The van der Waals surface area contributed by atoms with Gasteiger partial charge < -0.3 is 15.4 Å². The second-order valence-corrected chi connectivity index (χ2v) is 5.08. The summed E-state index contributed by atoms with van der Waals surface area (Å²) < 4.78 is 5.13. The molecule has 0 radical (unpaired) electrons. The molecule has 120 valence electrons. The predicted octanol–water partition coefficient (Wildman–Crippen LogP) is 2.30. The molecule has 2 aromatic carbocycles. The van der Waals surface area contributed by atoms with E-state index in [4.69, 9.17) is 4.74 Å². The Kier molecular flexibility index (Phi) is 5.74. The van der Waals surface area contributed by atoms with Gasteiger partial charge >= 0.3 is 0 Å². The average Bonchev–Trinajstić information content (AvgIpc) is 2.60. The zero-order valence-corrected chi connectivity index (χ0v) is 13.2. The highest BCUT2D eigenvalue weighted by Crippen LogP contribution is 2.16. The van der Waals surface area contributed by atoms with Crippen LogP contribution in [0.25, 0.3) is 0 Å². The highest BCUT2D eigenvalue weighted by molar-refractivity contribution is 5.98. The molecule has 0 bridgehead atoms. The van der Waals surface area contributed by atoms with Crippen LogP contribution >= 0.6 is 0 Å². The fourth-order valence-corrected chi connectivity index (χ4v) is 2.21. The molecule has 5 nitrogen and oxygen atoms in total. The van der Waals surface area contributed by atoms with Crippen LogP contribution in [0.15, 0.2) is 54.6 Å². The molecule has 0 saturated heterocycles. The lowest BCUT2D eigenvalue weighted by molar-refractivity contribution is -0.120. The summed E-state index contributed by atoms with van der Waals surface area (Å²) in [5, 5.41) is 5.45. The molecule has 0 saturated carbocycles. The van der Waals surface area contributed by atoms with Gasteiger partial charge in [-0.05, 0) is 24.6 Å². The molecule has 0 spiro atoms. The van der Waals surface area contributed by atoms with Gasteiger partial charge in [-0.15, -0.1) is 0 Å². The van der Waals surface area contributed by atoms with Gasteiger partial charge in [-0.1, -0.05) is 42.5 Å². The molecule has 0 aliphatic rings. The summed E-state index contributed by atoms with van der Waals surface area (Å²) in [6.45, 7) is 1.81. The molecule has 23 heavy (non-hydrogen) atoms. The Hall–Kier alpha value is -2.82. The lowest BCUT2D eigenvalue weighted by Crippen LogP contribution is -2.38. The molecule has 0 fully saturated rings. The van der Waals surface area contributed by atoms with Gasteiger partial charge in [0.15, 0.2) is 0 Å². The molecule has 0 aromatic heterocycles. The Morgan fingerprint density at radius 2 is 1.70 bits per heavy atom. The van der Waals surface area contributed by atoms with E-state index >= 15 is 0 Å². The number of methoxy groups -OCH3 is 1. The first-order chi connectivity index (χ1) is 11.1. The second-order valence-electron chi connectivity index (χ2n) is 5.08. The number of hydrogen-bond acceptors (Lipinski definition) is 3. The number of para-hydroxylation sites is 1. The Morgan fingerprint density at radius 1 is 1.04 bits per heavy atom. The van der Waals surface area contributed by atoms with Crippen molar-refractivity contribution in [3.05, 3.63) is 65.7 Å². The van der Waals surface area contributed by atoms with Crippen molar-refractivity contribution in [1.82, 2.24) is 10.6 Å². The summed E-state index contributed by atoms with van der Waals surface area (Å²) in [4.78, 5) is 24.1. The van der Waals surface area contributed by atoms with E-state index in [2.05, 4.69) is 10.6 Å². The first-order valence-electron chi connectivity index (χ1n) is 7.37. The van der Waals surface area contributed by atoms with Gasteiger partial charge in [0, 0.05) is 0 Å². The summed E-state index contributed by atoms with van der Waals surface area (Å²) in [7, 11) is 1.50. The number of amides is 2. The van der Waals surface area contributed by atoms with Crippen molar-refractivity contribution in [1.29, 1.82) is 0 Å². The Morgan fingerprint density at radius 3 is 2.39 bits per heavy atom.